The molecule has 1 amide bonds. The Balaban J connectivity index is 1.59. The molecule has 1 saturated heterocycles. The normalized spacial score (nSPS) is 16.9. The number of carbonyl (C=O) groups is 1. The Bertz CT molecular complexity index is 830. The second-order valence-corrected chi connectivity index (χ2v) is 6.84. The van der Waals surface area contributed by atoms with Gasteiger partial charge in [-0.05, 0) is 30.7 Å². The number of benzene rings is 1. The molecule has 2 aromatic rings. The summed E-state index contributed by atoms with van der Waals surface area (Å²) in [6.45, 7) is 3.08. The third kappa shape index (κ3) is 4.23. The van der Waals surface area contributed by atoms with E-state index in [1.807, 2.05) is 30.0 Å². The summed E-state index contributed by atoms with van der Waals surface area (Å²) in [6, 6.07) is 10.7. The maximum atomic E-state index is 12.4. The van der Waals surface area contributed by atoms with Crippen LogP contribution < -0.4 is 10.3 Å². The van der Waals surface area contributed by atoms with Gasteiger partial charge in [-0.2, -0.15) is 0 Å². The molecule has 2 heterocycles. The Morgan fingerprint density at radius 1 is 1.28 bits per heavy atom. The van der Waals surface area contributed by atoms with Crippen molar-refractivity contribution in [3.05, 3.63) is 63.0 Å². The Hall–Kier alpha value is -2.27. The van der Waals surface area contributed by atoms with Crippen molar-refractivity contribution in [3.8, 4) is 5.75 Å². The van der Waals surface area contributed by atoms with Crippen molar-refractivity contribution in [3.63, 3.8) is 0 Å². The van der Waals surface area contributed by atoms with Crippen LogP contribution >= 0.6 is 11.6 Å². The molecule has 0 radical (unpaired) electrons. The Morgan fingerprint density at radius 2 is 2.00 bits per heavy atom. The summed E-state index contributed by atoms with van der Waals surface area (Å²) in [7, 11) is 1.73. The fourth-order valence-electron chi connectivity index (χ4n) is 2.94. The van der Waals surface area contributed by atoms with Crippen molar-refractivity contribution in [2.45, 2.75) is 25.9 Å². The predicted octanol–water partition coefficient (Wildman–Crippen LogP) is 2.57. The van der Waals surface area contributed by atoms with Crippen LogP contribution in [0.25, 0.3) is 0 Å². The van der Waals surface area contributed by atoms with Gasteiger partial charge in [0.15, 0.2) is 0 Å². The van der Waals surface area contributed by atoms with Crippen LogP contribution in [0.2, 0.25) is 5.02 Å². The molecule has 6 heteroatoms. The summed E-state index contributed by atoms with van der Waals surface area (Å²) in [5.41, 5.74) is 1.70. The summed E-state index contributed by atoms with van der Waals surface area (Å²) in [5.74, 6) is 0.645. The molecule has 1 atom stereocenters. The lowest BCUT2D eigenvalue weighted by Gasteiger charge is -2.18. The quantitative estimate of drug-likeness (QED) is 0.842. The van der Waals surface area contributed by atoms with Gasteiger partial charge >= 0.3 is 0 Å². The molecule has 132 valence electrons. The van der Waals surface area contributed by atoms with Gasteiger partial charge in [-0.3, -0.25) is 9.59 Å². The van der Waals surface area contributed by atoms with E-state index in [2.05, 4.69) is 0 Å². The number of likely N-dealkylation sites (tertiary alicyclic amines) is 1. The monoisotopic (exact) mass is 360 g/mol. The van der Waals surface area contributed by atoms with E-state index >= 15 is 0 Å². The summed E-state index contributed by atoms with van der Waals surface area (Å²) in [6.07, 6.45) is 1.04. The van der Waals surface area contributed by atoms with E-state index in [0.29, 0.717) is 30.3 Å². The zero-order valence-electron chi connectivity index (χ0n) is 14.4. The lowest BCUT2D eigenvalue weighted by atomic mass is 10.1. The minimum atomic E-state index is -0.0938. The number of carbonyl (C=O) groups excluding carboxylic acids is 1. The van der Waals surface area contributed by atoms with Crippen molar-refractivity contribution in [2.24, 2.45) is 7.05 Å². The highest BCUT2D eigenvalue weighted by Gasteiger charge is 2.27. The van der Waals surface area contributed by atoms with E-state index in [4.69, 9.17) is 16.3 Å². The number of aromatic nitrogens is 1. The van der Waals surface area contributed by atoms with Crippen molar-refractivity contribution in [2.75, 3.05) is 13.1 Å². The smallest absolute Gasteiger partial charge is 0.254 e. The highest BCUT2D eigenvalue weighted by atomic mass is 35.5. The first-order valence-corrected chi connectivity index (χ1v) is 8.67. The van der Waals surface area contributed by atoms with E-state index in [1.165, 1.54) is 6.07 Å². The van der Waals surface area contributed by atoms with E-state index in [9.17, 15) is 9.59 Å². The predicted molar refractivity (Wildman–Crippen MR) is 97.2 cm³/mol. The lowest BCUT2D eigenvalue weighted by molar-refractivity contribution is -0.129. The molecule has 0 spiro atoms. The van der Waals surface area contributed by atoms with Gasteiger partial charge in [-0.1, -0.05) is 23.7 Å². The Morgan fingerprint density at radius 3 is 2.68 bits per heavy atom. The third-order valence-electron chi connectivity index (χ3n) is 4.55. The van der Waals surface area contributed by atoms with Gasteiger partial charge in [-0.15, -0.1) is 0 Å². The number of pyridine rings is 1. The van der Waals surface area contributed by atoms with E-state index in [1.54, 1.807) is 23.7 Å². The molecule has 0 saturated carbocycles. The molecule has 0 aliphatic carbocycles. The van der Waals surface area contributed by atoms with Crippen LogP contribution in [0.15, 0.2) is 41.2 Å². The van der Waals surface area contributed by atoms with E-state index < -0.39 is 0 Å². The number of hydrogen-bond acceptors (Lipinski definition) is 3. The van der Waals surface area contributed by atoms with Crippen molar-refractivity contribution < 1.29 is 9.53 Å². The molecule has 1 aromatic heterocycles. The Labute approximate surface area is 151 Å². The maximum absolute atomic E-state index is 12.4. The largest absolute Gasteiger partial charge is 0.488 e. The zero-order chi connectivity index (χ0) is 18.0. The van der Waals surface area contributed by atoms with Crippen LogP contribution in [0.1, 0.15) is 17.7 Å². The van der Waals surface area contributed by atoms with E-state index in [-0.39, 0.29) is 17.6 Å². The third-order valence-corrected chi connectivity index (χ3v) is 4.80. The minimum absolute atomic E-state index is 0.0774. The molecule has 1 aliphatic rings. The van der Waals surface area contributed by atoms with Gasteiger partial charge < -0.3 is 14.2 Å². The molecular weight excluding hydrogens is 340 g/mol. The molecule has 5 nitrogen and oxygen atoms in total. The molecule has 1 unspecified atom stereocenters. The SMILES string of the molecule is Cc1cc(OC2CCN(C(=O)Cc3ccc(Cl)cc3)C2)cc(=O)n1C. The number of amides is 1. The fourth-order valence-corrected chi connectivity index (χ4v) is 3.06. The lowest BCUT2D eigenvalue weighted by Crippen LogP contribution is -2.32. The van der Waals surface area contributed by atoms with Crippen molar-refractivity contribution >= 4 is 17.5 Å². The van der Waals surface area contributed by atoms with Gasteiger partial charge in [-0.25, -0.2) is 0 Å². The van der Waals surface area contributed by atoms with Crippen LogP contribution in [-0.4, -0.2) is 34.6 Å². The van der Waals surface area contributed by atoms with Gasteiger partial charge in [0, 0.05) is 36.8 Å². The number of rotatable bonds is 4. The van der Waals surface area contributed by atoms with Crippen LogP contribution in [0.4, 0.5) is 0 Å². The van der Waals surface area contributed by atoms with Gasteiger partial charge in [0.25, 0.3) is 5.56 Å². The average Bonchev–Trinajstić information content (AvgIpc) is 3.03. The second-order valence-electron chi connectivity index (χ2n) is 6.40. The number of aryl methyl sites for hydroxylation is 1. The molecule has 1 aliphatic heterocycles. The van der Waals surface area contributed by atoms with Gasteiger partial charge in [0.05, 0.1) is 13.0 Å². The number of halogens is 1. The number of hydrogen-bond donors (Lipinski definition) is 0. The average molecular weight is 361 g/mol. The first-order chi connectivity index (χ1) is 11.9. The standard InChI is InChI=1S/C19H21ClN2O3/c1-13-9-17(11-18(23)21(13)2)25-16-7-8-22(12-16)19(24)10-14-3-5-15(20)6-4-14/h3-6,9,11,16H,7-8,10,12H2,1-2H3. The van der Waals surface area contributed by atoms with Crippen LogP contribution in [0, 0.1) is 6.92 Å². The van der Waals surface area contributed by atoms with Crippen LogP contribution in [0.3, 0.4) is 0 Å². The summed E-state index contributed by atoms with van der Waals surface area (Å²) < 4.78 is 7.49. The molecule has 1 aromatic carbocycles. The first-order valence-electron chi connectivity index (χ1n) is 8.29. The number of nitrogens with zero attached hydrogens (tertiary/aromatic N) is 2. The summed E-state index contributed by atoms with van der Waals surface area (Å²) >= 11 is 5.87. The minimum Gasteiger partial charge on any atom is -0.488 e. The Kier molecular flexibility index (Phi) is 5.13. The summed E-state index contributed by atoms with van der Waals surface area (Å²) in [4.78, 5) is 26.1. The molecular formula is C19H21ClN2O3. The zero-order valence-corrected chi connectivity index (χ0v) is 15.1. The number of ether oxygens (including phenoxy) is 1. The summed E-state index contributed by atoms with van der Waals surface area (Å²) in [5, 5.41) is 0.662. The molecule has 25 heavy (non-hydrogen) atoms. The molecule has 1 fully saturated rings. The first kappa shape index (κ1) is 17.5. The van der Waals surface area contributed by atoms with Crippen LogP contribution in [-0.2, 0) is 18.3 Å². The highest BCUT2D eigenvalue weighted by Crippen LogP contribution is 2.19. The second kappa shape index (κ2) is 7.31. The highest BCUT2D eigenvalue weighted by molar-refractivity contribution is 6.30. The topological polar surface area (TPSA) is 51.5 Å². The van der Waals surface area contributed by atoms with E-state index in [0.717, 1.165) is 17.7 Å². The van der Waals surface area contributed by atoms with Crippen molar-refractivity contribution in [1.82, 2.24) is 9.47 Å². The van der Waals surface area contributed by atoms with Crippen molar-refractivity contribution in [1.29, 1.82) is 0 Å². The molecule has 0 N–H and O–H groups in total. The van der Waals surface area contributed by atoms with Crippen LogP contribution in [0.5, 0.6) is 5.75 Å². The van der Waals surface area contributed by atoms with Gasteiger partial charge in [0.2, 0.25) is 5.91 Å². The molecule has 3 rings (SSSR count). The maximum Gasteiger partial charge on any atom is 0.254 e. The molecule has 0 bridgehead atoms. The van der Waals surface area contributed by atoms with Gasteiger partial charge in [0.1, 0.15) is 11.9 Å². The fraction of sp³-hybridized carbons (Fsp3) is 0.368.